The predicted molar refractivity (Wildman–Crippen MR) is 110 cm³/mol. The Morgan fingerprint density at radius 1 is 0.931 bits per heavy atom. The molecule has 2 atom stereocenters. The Hall–Kier alpha value is -2.12. The largest absolute Gasteiger partial charge is 0.486 e. The van der Waals surface area contributed by atoms with E-state index < -0.39 is 6.10 Å². The van der Waals surface area contributed by atoms with Crippen LogP contribution in [0, 0.1) is 0 Å². The number of piperazine rings is 1. The molecule has 156 valence electrons. The van der Waals surface area contributed by atoms with E-state index in [2.05, 4.69) is 30.3 Å². The minimum Gasteiger partial charge on any atom is -0.486 e. The fourth-order valence-corrected chi connectivity index (χ4v) is 4.10. The molecule has 0 bridgehead atoms. The minimum atomic E-state index is -0.447. The molecule has 2 unspecified atom stereocenters. The smallest absolute Gasteiger partial charge is 0.161 e. The first kappa shape index (κ1) is 20.2. The molecule has 2 aromatic rings. The van der Waals surface area contributed by atoms with Gasteiger partial charge in [0.25, 0.3) is 0 Å². The highest BCUT2D eigenvalue weighted by atomic mass is 16.6. The number of aliphatic hydroxyl groups excluding tert-OH is 1. The molecule has 0 radical (unpaired) electrons. The third-order valence-corrected chi connectivity index (χ3v) is 5.67. The summed E-state index contributed by atoms with van der Waals surface area (Å²) >= 11 is 0. The lowest BCUT2D eigenvalue weighted by atomic mass is 10.2. The van der Waals surface area contributed by atoms with Crippen molar-refractivity contribution in [3.05, 3.63) is 60.2 Å². The first-order valence-corrected chi connectivity index (χ1v) is 10.6. The molecule has 1 saturated heterocycles. The van der Waals surface area contributed by atoms with E-state index in [1.807, 2.05) is 24.3 Å². The maximum absolute atomic E-state index is 10.4. The lowest BCUT2D eigenvalue weighted by Crippen LogP contribution is -3.28. The van der Waals surface area contributed by atoms with Crippen LogP contribution in [0.3, 0.4) is 0 Å². The zero-order valence-corrected chi connectivity index (χ0v) is 16.9. The molecular weight excluding hydrogens is 368 g/mol. The average molecular weight is 401 g/mol. The van der Waals surface area contributed by atoms with Gasteiger partial charge in [0.05, 0.1) is 13.2 Å². The average Bonchev–Trinajstić information content (AvgIpc) is 2.76. The molecule has 4 rings (SSSR count). The second-order valence-electron chi connectivity index (χ2n) is 8.06. The molecular formula is C23H32N2O4+2. The van der Waals surface area contributed by atoms with E-state index in [0.717, 1.165) is 50.8 Å². The van der Waals surface area contributed by atoms with Gasteiger partial charge in [-0.3, -0.25) is 0 Å². The molecule has 0 aliphatic carbocycles. The van der Waals surface area contributed by atoms with Gasteiger partial charge in [-0.2, -0.15) is 0 Å². The van der Waals surface area contributed by atoms with Crippen molar-refractivity contribution in [3.63, 3.8) is 0 Å². The molecule has 2 aliphatic rings. The molecule has 2 aromatic carbocycles. The van der Waals surface area contributed by atoms with Crippen LogP contribution in [0.5, 0.6) is 11.5 Å². The lowest BCUT2D eigenvalue weighted by Gasteiger charge is -2.31. The van der Waals surface area contributed by atoms with Crippen molar-refractivity contribution in [1.82, 2.24) is 0 Å². The van der Waals surface area contributed by atoms with Gasteiger partial charge in [0, 0.05) is 5.56 Å². The van der Waals surface area contributed by atoms with Crippen molar-refractivity contribution in [2.24, 2.45) is 0 Å². The quantitative estimate of drug-likeness (QED) is 0.543. The molecule has 29 heavy (non-hydrogen) atoms. The van der Waals surface area contributed by atoms with Crippen molar-refractivity contribution in [2.45, 2.75) is 18.8 Å². The summed E-state index contributed by atoms with van der Waals surface area (Å²) in [7, 11) is 0. The van der Waals surface area contributed by atoms with Crippen molar-refractivity contribution in [2.75, 3.05) is 52.5 Å². The molecule has 2 heterocycles. The first-order valence-electron chi connectivity index (χ1n) is 10.6. The summed E-state index contributed by atoms with van der Waals surface area (Å²) in [5.74, 6) is 1.54. The van der Waals surface area contributed by atoms with Gasteiger partial charge in [0.2, 0.25) is 0 Å². The number of nitrogens with one attached hydrogen (secondary N) is 2. The summed E-state index contributed by atoms with van der Waals surface area (Å²) in [6.45, 7) is 7.54. The van der Waals surface area contributed by atoms with Crippen LogP contribution in [0.1, 0.15) is 5.56 Å². The molecule has 0 saturated carbocycles. The van der Waals surface area contributed by atoms with Crippen molar-refractivity contribution in [3.8, 4) is 11.5 Å². The lowest BCUT2D eigenvalue weighted by molar-refractivity contribution is -1.02. The fraction of sp³-hybridized carbons (Fsp3) is 0.478. The molecule has 6 heteroatoms. The van der Waals surface area contributed by atoms with Gasteiger partial charge in [-0.1, -0.05) is 42.5 Å². The zero-order chi connectivity index (χ0) is 19.9. The number of benzene rings is 2. The van der Waals surface area contributed by atoms with Crippen LogP contribution in [-0.2, 0) is 11.3 Å². The maximum atomic E-state index is 10.4. The van der Waals surface area contributed by atoms with Crippen molar-refractivity contribution < 1.29 is 29.1 Å². The van der Waals surface area contributed by atoms with E-state index in [9.17, 15) is 5.11 Å². The predicted octanol–water partition coefficient (Wildman–Crippen LogP) is -0.812. The third-order valence-electron chi connectivity index (χ3n) is 5.67. The number of ether oxygens (including phenoxy) is 3. The Balaban J connectivity index is 1.11. The molecule has 1 fully saturated rings. The highest BCUT2D eigenvalue weighted by Crippen LogP contribution is 2.30. The van der Waals surface area contributed by atoms with Gasteiger partial charge in [0.15, 0.2) is 17.6 Å². The van der Waals surface area contributed by atoms with E-state index in [4.69, 9.17) is 14.2 Å². The Bertz CT molecular complexity index is 750. The van der Waals surface area contributed by atoms with E-state index >= 15 is 0 Å². The van der Waals surface area contributed by atoms with Gasteiger partial charge in [0.1, 0.15) is 52.0 Å². The third kappa shape index (κ3) is 5.93. The van der Waals surface area contributed by atoms with E-state index in [1.54, 1.807) is 4.90 Å². The number of quaternary nitrogens is 2. The number of rotatable bonds is 8. The minimum absolute atomic E-state index is 0.130. The number of hydrogen-bond acceptors (Lipinski definition) is 4. The van der Waals surface area contributed by atoms with Crippen LogP contribution in [0.15, 0.2) is 54.6 Å². The summed E-state index contributed by atoms with van der Waals surface area (Å²) in [5.41, 5.74) is 1.40. The second kappa shape index (κ2) is 10.1. The van der Waals surface area contributed by atoms with Crippen LogP contribution >= 0.6 is 0 Å². The van der Waals surface area contributed by atoms with Gasteiger partial charge in [-0.15, -0.1) is 0 Å². The summed E-state index contributed by atoms with van der Waals surface area (Å²) in [6.07, 6.45) is -0.577. The SMILES string of the molecule is OC(COCC1COc2ccccc2O1)C[NH+]1CC[NH+](Cc2ccccc2)CC1. The van der Waals surface area contributed by atoms with Gasteiger partial charge < -0.3 is 29.1 Å². The zero-order valence-electron chi connectivity index (χ0n) is 16.9. The fourth-order valence-electron chi connectivity index (χ4n) is 4.10. The number of hydrogen-bond donors (Lipinski definition) is 3. The van der Waals surface area contributed by atoms with Crippen LogP contribution < -0.4 is 19.3 Å². The van der Waals surface area contributed by atoms with Crippen molar-refractivity contribution >= 4 is 0 Å². The van der Waals surface area contributed by atoms with Crippen molar-refractivity contribution in [1.29, 1.82) is 0 Å². The molecule has 3 N–H and O–H groups in total. The van der Waals surface area contributed by atoms with Crippen LogP contribution in [0.2, 0.25) is 0 Å². The standard InChI is InChI=1S/C23H30N2O4/c26-20(16-27-17-21-18-28-22-8-4-5-9-23(22)29-21)15-25-12-10-24(11-13-25)14-19-6-2-1-3-7-19/h1-9,20-21,26H,10-18H2/p+2. The maximum Gasteiger partial charge on any atom is 0.161 e. The number of fused-ring (bicyclic) bond motifs is 1. The van der Waals surface area contributed by atoms with Crippen LogP contribution in [0.4, 0.5) is 0 Å². The monoisotopic (exact) mass is 400 g/mol. The van der Waals surface area contributed by atoms with Gasteiger partial charge in [-0.25, -0.2) is 0 Å². The normalized spacial score (nSPS) is 24.8. The van der Waals surface area contributed by atoms with E-state index in [-0.39, 0.29) is 6.10 Å². The number of aliphatic hydroxyl groups is 1. The Morgan fingerprint density at radius 2 is 1.62 bits per heavy atom. The van der Waals surface area contributed by atoms with E-state index in [0.29, 0.717) is 19.8 Å². The molecule has 0 spiro atoms. The Morgan fingerprint density at radius 3 is 2.41 bits per heavy atom. The molecule has 0 amide bonds. The Kier molecular flexibility index (Phi) is 7.00. The summed E-state index contributed by atoms with van der Waals surface area (Å²) < 4.78 is 17.3. The summed E-state index contributed by atoms with van der Waals surface area (Å²) in [6, 6.07) is 18.3. The van der Waals surface area contributed by atoms with Crippen LogP contribution in [0.25, 0.3) is 0 Å². The second-order valence-corrected chi connectivity index (χ2v) is 8.06. The van der Waals surface area contributed by atoms with E-state index in [1.165, 1.54) is 10.5 Å². The summed E-state index contributed by atoms with van der Waals surface area (Å²) in [4.78, 5) is 3.09. The number of para-hydroxylation sites is 2. The molecule has 2 aliphatic heterocycles. The highest BCUT2D eigenvalue weighted by molar-refractivity contribution is 5.40. The van der Waals surface area contributed by atoms with Crippen LogP contribution in [-0.4, -0.2) is 69.9 Å². The molecule has 6 nitrogen and oxygen atoms in total. The van der Waals surface area contributed by atoms with Gasteiger partial charge >= 0.3 is 0 Å². The topological polar surface area (TPSA) is 56.8 Å². The first-order chi connectivity index (χ1) is 14.3. The summed E-state index contributed by atoms with van der Waals surface area (Å²) in [5, 5.41) is 10.4. The Labute approximate surface area is 172 Å². The molecule has 0 aromatic heterocycles. The highest BCUT2D eigenvalue weighted by Gasteiger charge is 2.26. The van der Waals surface area contributed by atoms with Gasteiger partial charge in [-0.05, 0) is 12.1 Å².